The van der Waals surface area contributed by atoms with Gasteiger partial charge in [-0.25, -0.2) is 4.39 Å². The van der Waals surface area contributed by atoms with E-state index in [1.165, 1.54) is 17.0 Å². The van der Waals surface area contributed by atoms with Crippen LogP contribution in [0.1, 0.15) is 12.0 Å². The van der Waals surface area contributed by atoms with E-state index in [9.17, 15) is 14.0 Å². The highest BCUT2D eigenvalue weighted by atomic mass is 79.9. The van der Waals surface area contributed by atoms with Gasteiger partial charge in [-0.3, -0.25) is 9.59 Å². The number of anilines is 1. The largest absolute Gasteiger partial charge is 0.333 e. The molecule has 2 N–H and O–H groups in total. The summed E-state index contributed by atoms with van der Waals surface area (Å²) < 4.78 is 13.6. The highest BCUT2D eigenvalue weighted by Gasteiger charge is 2.23. The van der Waals surface area contributed by atoms with Gasteiger partial charge in [0, 0.05) is 25.3 Å². The fourth-order valence-electron chi connectivity index (χ4n) is 2.15. The van der Waals surface area contributed by atoms with E-state index >= 15 is 0 Å². The Labute approximate surface area is 131 Å². The third-order valence-electron chi connectivity index (χ3n) is 3.34. The zero-order chi connectivity index (χ0) is 15.4. The zero-order valence-corrected chi connectivity index (χ0v) is 13.3. The number of amides is 2. The van der Waals surface area contributed by atoms with Gasteiger partial charge in [0.05, 0.1) is 4.47 Å². The molecule has 114 valence electrons. The van der Waals surface area contributed by atoms with Crippen molar-refractivity contribution in [2.24, 2.45) is 0 Å². The Morgan fingerprint density at radius 2 is 2.10 bits per heavy atom. The number of carbonyl (C=O) groups excluding carboxylic acids is 2. The first-order valence-electron chi connectivity index (χ1n) is 6.75. The van der Waals surface area contributed by atoms with Gasteiger partial charge >= 0.3 is 11.8 Å². The molecule has 21 heavy (non-hydrogen) atoms. The van der Waals surface area contributed by atoms with Crippen molar-refractivity contribution < 1.29 is 14.0 Å². The second kappa shape index (κ2) is 7.00. The molecule has 0 aromatic heterocycles. The monoisotopic (exact) mass is 357 g/mol. The minimum absolute atomic E-state index is 0.245. The van der Waals surface area contributed by atoms with Gasteiger partial charge in [-0.05, 0) is 53.5 Å². The average molecular weight is 358 g/mol. The molecule has 0 aliphatic carbocycles. The van der Waals surface area contributed by atoms with Crippen molar-refractivity contribution in [3.05, 3.63) is 28.0 Å². The van der Waals surface area contributed by atoms with Crippen LogP contribution in [0.2, 0.25) is 0 Å². The molecule has 1 heterocycles. The van der Waals surface area contributed by atoms with Crippen LogP contribution in [0.15, 0.2) is 16.6 Å². The third kappa shape index (κ3) is 4.01. The number of benzene rings is 1. The Morgan fingerprint density at radius 3 is 2.86 bits per heavy atom. The smallest absolute Gasteiger partial charge is 0.313 e. The van der Waals surface area contributed by atoms with Crippen LogP contribution >= 0.6 is 15.9 Å². The topological polar surface area (TPSA) is 61.4 Å². The summed E-state index contributed by atoms with van der Waals surface area (Å²) in [6.07, 6.45) is 0.820. The normalized spacial score (nSPS) is 15.5. The number of nitrogens with zero attached hydrogens (tertiary/aromatic N) is 1. The van der Waals surface area contributed by atoms with Crippen LogP contribution in [-0.2, 0) is 9.59 Å². The molecule has 1 fully saturated rings. The van der Waals surface area contributed by atoms with E-state index in [2.05, 4.69) is 26.6 Å². The number of rotatable bonds is 1. The van der Waals surface area contributed by atoms with Crippen LogP contribution in [0.4, 0.5) is 10.1 Å². The minimum Gasteiger partial charge on any atom is -0.333 e. The number of halogens is 2. The Bertz CT molecular complexity index is 557. The molecule has 0 atom stereocenters. The minimum atomic E-state index is -0.696. The van der Waals surface area contributed by atoms with E-state index in [1.54, 1.807) is 6.92 Å². The van der Waals surface area contributed by atoms with Crippen molar-refractivity contribution >= 4 is 33.4 Å². The summed E-state index contributed by atoms with van der Waals surface area (Å²) in [6.45, 7) is 4.27. The average Bonchev–Trinajstić information content (AvgIpc) is 2.72. The molecule has 0 bridgehead atoms. The van der Waals surface area contributed by atoms with Crippen molar-refractivity contribution in [3.8, 4) is 0 Å². The molecular weight excluding hydrogens is 341 g/mol. The first kappa shape index (κ1) is 15.9. The van der Waals surface area contributed by atoms with Crippen molar-refractivity contribution in [1.82, 2.24) is 10.2 Å². The van der Waals surface area contributed by atoms with E-state index in [0.29, 0.717) is 30.9 Å². The fraction of sp³-hybridized carbons (Fsp3) is 0.429. The summed E-state index contributed by atoms with van der Waals surface area (Å²) in [5, 5.41) is 5.72. The molecule has 5 nitrogen and oxygen atoms in total. The molecule has 2 rings (SSSR count). The van der Waals surface area contributed by atoms with Crippen LogP contribution in [0.25, 0.3) is 0 Å². The number of hydrogen-bond donors (Lipinski definition) is 2. The van der Waals surface area contributed by atoms with E-state index in [4.69, 9.17) is 0 Å². The molecule has 0 spiro atoms. The molecule has 7 heteroatoms. The second-order valence-electron chi connectivity index (χ2n) is 4.93. The number of carbonyl (C=O) groups is 2. The van der Waals surface area contributed by atoms with Crippen molar-refractivity contribution in [2.45, 2.75) is 13.3 Å². The Hall–Kier alpha value is -1.47. The second-order valence-corrected chi connectivity index (χ2v) is 5.79. The number of aryl methyl sites for hydroxylation is 1. The quantitative estimate of drug-likeness (QED) is 0.751. The van der Waals surface area contributed by atoms with E-state index in [1.807, 2.05) is 0 Å². The van der Waals surface area contributed by atoms with Gasteiger partial charge in [-0.2, -0.15) is 0 Å². The Morgan fingerprint density at radius 1 is 1.33 bits per heavy atom. The summed E-state index contributed by atoms with van der Waals surface area (Å²) in [5.74, 6) is -1.66. The van der Waals surface area contributed by atoms with Crippen molar-refractivity contribution in [3.63, 3.8) is 0 Å². The van der Waals surface area contributed by atoms with Crippen LogP contribution in [0.5, 0.6) is 0 Å². The molecule has 0 radical (unpaired) electrons. The zero-order valence-electron chi connectivity index (χ0n) is 11.7. The molecular formula is C14H17BrFN3O2. The maximum atomic E-state index is 13.3. The molecule has 0 unspecified atom stereocenters. The van der Waals surface area contributed by atoms with Gasteiger partial charge in [0.25, 0.3) is 0 Å². The van der Waals surface area contributed by atoms with Gasteiger partial charge in [0.15, 0.2) is 0 Å². The van der Waals surface area contributed by atoms with Gasteiger partial charge < -0.3 is 15.5 Å². The first-order valence-corrected chi connectivity index (χ1v) is 7.55. The number of nitrogens with one attached hydrogen (secondary N) is 2. The molecule has 1 aliphatic heterocycles. The van der Waals surface area contributed by atoms with Gasteiger partial charge in [-0.15, -0.1) is 0 Å². The van der Waals surface area contributed by atoms with Gasteiger partial charge in [0.2, 0.25) is 0 Å². The summed E-state index contributed by atoms with van der Waals surface area (Å²) in [5.41, 5.74) is 0.990. The van der Waals surface area contributed by atoms with Crippen LogP contribution in [0, 0.1) is 12.7 Å². The fourth-order valence-corrected chi connectivity index (χ4v) is 2.49. The highest BCUT2D eigenvalue weighted by Crippen LogP contribution is 2.24. The predicted octanol–water partition coefficient (Wildman–Crippen LogP) is 1.66. The standard InChI is InChI=1S/C14H17BrFN3O2/c1-9-7-11(16)10(15)8-12(9)18-13(20)14(21)19-5-2-3-17-4-6-19/h7-8,17H,2-6H2,1H3,(H,18,20). The van der Waals surface area contributed by atoms with Gasteiger partial charge in [-0.1, -0.05) is 0 Å². The molecule has 1 aliphatic rings. The van der Waals surface area contributed by atoms with E-state index < -0.39 is 17.6 Å². The van der Waals surface area contributed by atoms with E-state index in [0.717, 1.165) is 13.0 Å². The summed E-state index contributed by atoms with van der Waals surface area (Å²) in [7, 11) is 0. The van der Waals surface area contributed by atoms with Crippen LogP contribution in [0.3, 0.4) is 0 Å². The van der Waals surface area contributed by atoms with Gasteiger partial charge in [0.1, 0.15) is 5.82 Å². The van der Waals surface area contributed by atoms with Crippen molar-refractivity contribution in [1.29, 1.82) is 0 Å². The number of hydrogen-bond acceptors (Lipinski definition) is 3. The van der Waals surface area contributed by atoms with Crippen LogP contribution < -0.4 is 10.6 Å². The SMILES string of the molecule is Cc1cc(F)c(Br)cc1NC(=O)C(=O)N1CCCNCC1. The Balaban J connectivity index is 2.06. The van der Waals surface area contributed by atoms with Crippen molar-refractivity contribution in [2.75, 3.05) is 31.5 Å². The first-order chi connectivity index (χ1) is 9.99. The highest BCUT2D eigenvalue weighted by molar-refractivity contribution is 9.10. The third-order valence-corrected chi connectivity index (χ3v) is 3.94. The van der Waals surface area contributed by atoms with E-state index in [-0.39, 0.29) is 4.47 Å². The molecule has 1 aromatic carbocycles. The maximum Gasteiger partial charge on any atom is 0.313 e. The Kier molecular flexibility index (Phi) is 5.30. The predicted molar refractivity (Wildman–Crippen MR) is 81.5 cm³/mol. The van der Waals surface area contributed by atoms with Crippen LogP contribution in [-0.4, -0.2) is 42.9 Å². The molecule has 0 saturated carbocycles. The molecule has 1 aromatic rings. The summed E-state index contributed by atoms with van der Waals surface area (Å²) in [4.78, 5) is 25.7. The molecule has 2 amide bonds. The lowest BCUT2D eigenvalue weighted by Crippen LogP contribution is -2.41. The molecule has 1 saturated heterocycles. The lowest BCUT2D eigenvalue weighted by molar-refractivity contribution is -0.143. The lowest BCUT2D eigenvalue weighted by atomic mass is 10.2. The maximum absolute atomic E-state index is 13.3. The lowest BCUT2D eigenvalue weighted by Gasteiger charge is -2.19. The summed E-state index contributed by atoms with van der Waals surface area (Å²) in [6, 6.07) is 2.76. The summed E-state index contributed by atoms with van der Waals surface area (Å²) >= 11 is 3.06.